The van der Waals surface area contributed by atoms with Crippen LogP contribution in [0.3, 0.4) is 0 Å². The van der Waals surface area contributed by atoms with Gasteiger partial charge in [0.2, 0.25) is 0 Å². The molecule has 1 atom stereocenters. The molecule has 7 nitrogen and oxygen atoms in total. The zero-order valence-electron chi connectivity index (χ0n) is 18.5. The summed E-state index contributed by atoms with van der Waals surface area (Å²) in [6, 6.07) is 8.62. The lowest BCUT2D eigenvalue weighted by molar-refractivity contribution is 0.0224. The van der Waals surface area contributed by atoms with Crippen molar-refractivity contribution in [3.05, 3.63) is 53.7 Å². The summed E-state index contributed by atoms with van der Waals surface area (Å²) in [5, 5.41) is 9.04. The summed E-state index contributed by atoms with van der Waals surface area (Å²) < 4.78 is 23.5. The quantitative estimate of drug-likeness (QED) is 0.381. The number of rotatable bonds is 2. The van der Waals surface area contributed by atoms with Gasteiger partial charge < -0.3 is 9.64 Å². The van der Waals surface area contributed by atoms with Gasteiger partial charge in [-0.3, -0.25) is 4.40 Å². The first-order valence-corrected chi connectivity index (χ1v) is 11.5. The number of ether oxygens (including phenoxy) is 1. The SMILES string of the molecule is CC(C)(C)OC(=O)N1CCCC1c1ccc(-c2cn3c(n2)sc2cc(C#N)ncc23)c(F)c1. The van der Waals surface area contributed by atoms with Crippen LogP contribution in [0.15, 0.2) is 36.7 Å². The smallest absolute Gasteiger partial charge is 0.410 e. The maximum Gasteiger partial charge on any atom is 0.410 e. The fourth-order valence-electron chi connectivity index (χ4n) is 4.19. The van der Waals surface area contributed by atoms with Gasteiger partial charge in [0.15, 0.2) is 4.96 Å². The van der Waals surface area contributed by atoms with Gasteiger partial charge in [-0.05, 0) is 57.4 Å². The minimum absolute atomic E-state index is 0.210. The molecule has 1 aliphatic heterocycles. The molecule has 1 fully saturated rings. The van der Waals surface area contributed by atoms with Crippen LogP contribution >= 0.6 is 11.3 Å². The van der Waals surface area contributed by atoms with Crippen LogP contribution in [-0.2, 0) is 4.74 Å². The van der Waals surface area contributed by atoms with Gasteiger partial charge in [0.05, 0.1) is 28.1 Å². The molecule has 0 N–H and O–H groups in total. The molecule has 4 heterocycles. The Bertz CT molecular complexity index is 1430. The normalized spacial score (nSPS) is 16.5. The van der Waals surface area contributed by atoms with Gasteiger partial charge >= 0.3 is 6.09 Å². The number of halogens is 1. The van der Waals surface area contributed by atoms with E-state index in [4.69, 9.17) is 10.00 Å². The number of hydrogen-bond acceptors (Lipinski definition) is 6. The van der Waals surface area contributed by atoms with Crippen LogP contribution in [0, 0.1) is 17.1 Å². The first-order valence-electron chi connectivity index (χ1n) is 10.7. The average Bonchev–Trinajstić information content (AvgIpc) is 3.46. The zero-order chi connectivity index (χ0) is 23.3. The van der Waals surface area contributed by atoms with Gasteiger partial charge in [-0.1, -0.05) is 17.4 Å². The van der Waals surface area contributed by atoms with Gasteiger partial charge in [0.25, 0.3) is 0 Å². The van der Waals surface area contributed by atoms with E-state index in [-0.39, 0.29) is 18.0 Å². The summed E-state index contributed by atoms with van der Waals surface area (Å²) in [5.74, 6) is -0.386. The van der Waals surface area contributed by atoms with Crippen LogP contribution in [0.5, 0.6) is 0 Å². The van der Waals surface area contributed by atoms with Gasteiger partial charge in [0, 0.05) is 18.3 Å². The molecule has 0 bridgehead atoms. The summed E-state index contributed by atoms with van der Waals surface area (Å²) in [6.45, 7) is 6.10. The predicted molar refractivity (Wildman–Crippen MR) is 123 cm³/mol. The van der Waals surface area contributed by atoms with E-state index in [1.165, 1.54) is 17.4 Å². The topological polar surface area (TPSA) is 83.5 Å². The second-order valence-corrected chi connectivity index (χ2v) is 10.1. The van der Waals surface area contributed by atoms with Gasteiger partial charge in [-0.25, -0.2) is 19.2 Å². The predicted octanol–water partition coefficient (Wildman–Crippen LogP) is 5.69. The van der Waals surface area contributed by atoms with E-state index in [1.807, 2.05) is 37.3 Å². The molecule has 1 saturated heterocycles. The summed E-state index contributed by atoms with van der Waals surface area (Å²) >= 11 is 1.42. The Kier molecular flexibility index (Phi) is 5.05. The molecule has 0 spiro atoms. The fraction of sp³-hybridized carbons (Fsp3) is 0.333. The third-order valence-corrected chi connectivity index (χ3v) is 6.65. The number of amides is 1. The highest BCUT2D eigenvalue weighted by atomic mass is 32.1. The minimum atomic E-state index is -0.580. The Hall–Kier alpha value is -3.51. The van der Waals surface area contributed by atoms with Crippen LogP contribution in [0.4, 0.5) is 9.18 Å². The van der Waals surface area contributed by atoms with Gasteiger partial charge in [-0.2, -0.15) is 5.26 Å². The van der Waals surface area contributed by atoms with Crippen LogP contribution in [0.1, 0.15) is 50.9 Å². The van der Waals surface area contributed by atoms with E-state index in [9.17, 15) is 4.79 Å². The molecule has 9 heteroatoms. The summed E-state index contributed by atoms with van der Waals surface area (Å²) in [4.78, 5) is 23.7. The number of likely N-dealkylation sites (tertiary alicyclic amines) is 1. The summed E-state index contributed by atoms with van der Waals surface area (Å²) in [7, 11) is 0. The van der Waals surface area contributed by atoms with E-state index in [0.717, 1.165) is 28.6 Å². The van der Waals surface area contributed by atoms with Crippen molar-refractivity contribution in [3.63, 3.8) is 0 Å². The molecule has 1 amide bonds. The van der Waals surface area contributed by atoms with Crippen LogP contribution in [-0.4, -0.2) is 37.5 Å². The molecular formula is C24H22FN5O2S. The first kappa shape index (κ1) is 21.3. The number of hydrogen-bond donors (Lipinski definition) is 0. The molecule has 0 radical (unpaired) electrons. The number of pyridine rings is 1. The molecule has 0 saturated carbocycles. The Morgan fingerprint density at radius 3 is 2.88 bits per heavy atom. The average molecular weight is 464 g/mol. The van der Waals surface area contributed by atoms with E-state index in [1.54, 1.807) is 29.4 Å². The molecular weight excluding hydrogens is 441 g/mol. The Labute approximate surface area is 194 Å². The number of fused-ring (bicyclic) bond motifs is 3. The highest BCUT2D eigenvalue weighted by Gasteiger charge is 2.33. The van der Waals surface area contributed by atoms with Crippen molar-refractivity contribution in [1.29, 1.82) is 5.26 Å². The van der Waals surface area contributed by atoms with Crippen LogP contribution in [0.25, 0.3) is 26.4 Å². The molecule has 5 rings (SSSR count). The van der Waals surface area contributed by atoms with Crippen LogP contribution in [0.2, 0.25) is 0 Å². The highest BCUT2D eigenvalue weighted by Crippen LogP contribution is 2.36. The van der Waals surface area contributed by atoms with Crippen molar-refractivity contribution in [2.75, 3.05) is 6.54 Å². The summed E-state index contributed by atoms with van der Waals surface area (Å²) in [6.07, 6.45) is 4.65. The number of nitrogens with zero attached hydrogens (tertiary/aromatic N) is 5. The fourth-order valence-corrected chi connectivity index (χ4v) is 5.20. The monoisotopic (exact) mass is 463 g/mol. The molecule has 33 heavy (non-hydrogen) atoms. The number of benzene rings is 1. The third-order valence-electron chi connectivity index (χ3n) is 5.63. The molecule has 1 aliphatic rings. The van der Waals surface area contributed by atoms with E-state index in [2.05, 4.69) is 9.97 Å². The second kappa shape index (κ2) is 7.81. The summed E-state index contributed by atoms with van der Waals surface area (Å²) in [5.41, 5.74) is 2.26. The van der Waals surface area contributed by atoms with Crippen molar-refractivity contribution in [2.45, 2.75) is 45.3 Å². The Morgan fingerprint density at radius 1 is 1.33 bits per heavy atom. The molecule has 168 valence electrons. The Morgan fingerprint density at radius 2 is 2.15 bits per heavy atom. The van der Waals surface area contributed by atoms with Gasteiger partial charge in [0.1, 0.15) is 23.2 Å². The zero-order valence-corrected chi connectivity index (χ0v) is 19.3. The number of aromatic nitrogens is 3. The second-order valence-electron chi connectivity index (χ2n) is 9.10. The van der Waals surface area contributed by atoms with E-state index in [0.29, 0.717) is 28.5 Å². The van der Waals surface area contributed by atoms with Crippen molar-refractivity contribution < 1.29 is 13.9 Å². The largest absolute Gasteiger partial charge is 0.444 e. The number of carbonyl (C=O) groups excluding carboxylic acids is 1. The lowest BCUT2D eigenvalue weighted by atomic mass is 10.0. The van der Waals surface area contributed by atoms with Gasteiger partial charge in [-0.15, -0.1) is 0 Å². The van der Waals surface area contributed by atoms with Crippen molar-refractivity contribution in [1.82, 2.24) is 19.3 Å². The highest BCUT2D eigenvalue weighted by molar-refractivity contribution is 7.23. The third kappa shape index (κ3) is 3.91. The Balaban J connectivity index is 1.45. The molecule has 3 aromatic heterocycles. The minimum Gasteiger partial charge on any atom is -0.444 e. The standard InChI is InChI=1S/C24H22FN5O2S/c1-24(2,3)32-23(31)29-8-4-5-19(29)14-6-7-16(17(25)9-14)18-13-30-20-12-27-15(11-26)10-21(20)33-22(30)28-18/h6-7,9-10,12-13,19H,4-5,8H2,1-3H3. The molecule has 1 unspecified atom stereocenters. The molecule has 4 aromatic rings. The van der Waals surface area contributed by atoms with Crippen molar-refractivity contribution >= 4 is 32.6 Å². The number of imidazole rings is 1. The number of thiazole rings is 1. The molecule has 0 aliphatic carbocycles. The number of nitriles is 1. The van der Waals surface area contributed by atoms with E-state index >= 15 is 4.39 Å². The molecule has 1 aromatic carbocycles. The lowest BCUT2D eigenvalue weighted by Crippen LogP contribution is -2.36. The van der Waals surface area contributed by atoms with E-state index < -0.39 is 5.60 Å². The van der Waals surface area contributed by atoms with Crippen molar-refractivity contribution in [3.8, 4) is 17.3 Å². The lowest BCUT2D eigenvalue weighted by Gasteiger charge is -2.29. The van der Waals surface area contributed by atoms with Crippen LogP contribution < -0.4 is 0 Å². The van der Waals surface area contributed by atoms with Crippen molar-refractivity contribution in [2.24, 2.45) is 0 Å². The first-order chi connectivity index (χ1) is 15.7. The number of carbonyl (C=O) groups is 1. The maximum absolute atomic E-state index is 15.2. The maximum atomic E-state index is 15.2.